The van der Waals surface area contributed by atoms with Crippen LogP contribution in [0.4, 0.5) is 18.0 Å². The first-order valence-corrected chi connectivity index (χ1v) is 9.54. The fourth-order valence-electron chi connectivity index (χ4n) is 3.12. The monoisotopic (exact) mass is 409 g/mol. The molecule has 1 amide bonds. The fraction of sp³-hybridized carbons (Fsp3) is 0.368. The zero-order valence-corrected chi connectivity index (χ0v) is 15.9. The number of rotatable bonds is 3. The molecular weight excluding hydrogens is 391 g/mol. The zero-order chi connectivity index (χ0) is 20.3. The first kappa shape index (κ1) is 20.3. The minimum absolute atomic E-state index is 0.102. The Labute approximate surface area is 164 Å². The average Bonchev–Trinajstić information content (AvgIpc) is 2.67. The van der Waals surface area contributed by atoms with Gasteiger partial charge < -0.3 is 4.90 Å². The Morgan fingerprint density at radius 1 is 1.14 bits per heavy atom. The highest BCUT2D eigenvalue weighted by Gasteiger charge is 2.42. The van der Waals surface area contributed by atoms with Gasteiger partial charge in [-0.2, -0.15) is 13.2 Å². The Morgan fingerprint density at radius 3 is 2.39 bits per heavy atom. The fourth-order valence-corrected chi connectivity index (χ4v) is 3.92. The molecule has 148 valence electrons. The molecule has 0 N–H and O–H groups in total. The van der Waals surface area contributed by atoms with Crippen LogP contribution in [-0.2, 0) is 0 Å². The third kappa shape index (κ3) is 4.70. The van der Waals surface area contributed by atoms with Crippen molar-refractivity contribution < 1.29 is 22.8 Å². The normalized spacial score (nSPS) is 15.5. The van der Waals surface area contributed by atoms with Crippen molar-refractivity contribution in [2.45, 2.75) is 36.8 Å². The molecule has 3 rings (SSSR count). The first-order chi connectivity index (χ1) is 13.3. The third-order valence-corrected chi connectivity index (χ3v) is 5.47. The van der Waals surface area contributed by atoms with Crippen molar-refractivity contribution in [2.24, 2.45) is 0 Å². The number of benzene rings is 1. The molecule has 0 unspecified atom stereocenters. The number of alkyl halides is 3. The highest BCUT2D eigenvalue weighted by molar-refractivity contribution is 8.13. The molecule has 1 aliphatic rings. The van der Waals surface area contributed by atoms with Crippen LogP contribution in [0.15, 0.2) is 41.4 Å². The van der Waals surface area contributed by atoms with Crippen molar-refractivity contribution in [3.8, 4) is 0 Å². The highest BCUT2D eigenvalue weighted by atomic mass is 32.2. The maximum Gasteiger partial charge on any atom is 0.454 e. The Hall–Kier alpha value is -2.42. The van der Waals surface area contributed by atoms with Crippen molar-refractivity contribution in [1.82, 2.24) is 14.9 Å². The topological polar surface area (TPSA) is 63.2 Å². The summed E-state index contributed by atoms with van der Waals surface area (Å²) in [5, 5.41) is -0.102. The van der Waals surface area contributed by atoms with Gasteiger partial charge in [-0.1, -0.05) is 18.2 Å². The van der Waals surface area contributed by atoms with Crippen LogP contribution in [0.3, 0.4) is 0 Å². The molecule has 2 aromatic rings. The van der Waals surface area contributed by atoms with Crippen molar-refractivity contribution in [3.05, 3.63) is 53.6 Å². The molecule has 5 nitrogen and oxygen atoms in total. The number of aryl methyl sites for hydroxylation is 1. The second kappa shape index (κ2) is 8.30. The molecule has 1 saturated heterocycles. The van der Waals surface area contributed by atoms with Crippen LogP contribution in [0.5, 0.6) is 0 Å². The number of nitrogens with zero attached hydrogens (tertiary/aromatic N) is 3. The number of likely N-dealkylation sites (tertiary alicyclic amines) is 1. The lowest BCUT2D eigenvalue weighted by Gasteiger charge is -2.32. The van der Waals surface area contributed by atoms with Crippen LogP contribution in [0.25, 0.3) is 0 Å². The molecular formula is C19H18F3N3O2S. The summed E-state index contributed by atoms with van der Waals surface area (Å²) in [5.74, 6) is -1.94. The number of carbonyl (C=O) groups is 2. The van der Waals surface area contributed by atoms with Gasteiger partial charge >= 0.3 is 6.18 Å². The highest BCUT2D eigenvalue weighted by Crippen LogP contribution is 2.33. The van der Waals surface area contributed by atoms with E-state index in [0.717, 1.165) is 22.9 Å². The molecule has 28 heavy (non-hydrogen) atoms. The number of ketones is 1. The van der Waals surface area contributed by atoms with Crippen LogP contribution >= 0.6 is 11.8 Å². The maximum atomic E-state index is 12.9. The van der Waals surface area contributed by atoms with Gasteiger partial charge in [-0.15, -0.1) is 0 Å². The SMILES string of the molecule is Cc1ncc(C(=O)C(F)(F)F)c(C2CCN(C(=O)Sc3ccccc3)CC2)n1. The van der Waals surface area contributed by atoms with E-state index in [1.807, 2.05) is 30.3 Å². The molecule has 0 atom stereocenters. The van der Waals surface area contributed by atoms with E-state index < -0.39 is 17.5 Å². The lowest BCUT2D eigenvalue weighted by Crippen LogP contribution is -2.36. The molecule has 0 spiro atoms. The largest absolute Gasteiger partial charge is 0.454 e. The molecule has 0 aliphatic carbocycles. The Morgan fingerprint density at radius 2 is 1.79 bits per heavy atom. The molecule has 0 bridgehead atoms. The molecule has 9 heteroatoms. The summed E-state index contributed by atoms with van der Waals surface area (Å²) < 4.78 is 38.7. The van der Waals surface area contributed by atoms with Crippen LogP contribution in [0, 0.1) is 6.92 Å². The summed E-state index contributed by atoms with van der Waals surface area (Å²) in [6.07, 6.45) is -3.14. The van der Waals surface area contributed by atoms with Gasteiger partial charge in [0.1, 0.15) is 5.82 Å². The van der Waals surface area contributed by atoms with Crippen LogP contribution in [0.2, 0.25) is 0 Å². The summed E-state index contributed by atoms with van der Waals surface area (Å²) in [4.78, 5) is 34.6. The predicted molar refractivity (Wildman–Crippen MR) is 98.4 cm³/mol. The average molecular weight is 409 g/mol. The molecule has 0 saturated carbocycles. The number of hydrogen-bond donors (Lipinski definition) is 0. The Bertz CT molecular complexity index is 866. The molecule has 2 heterocycles. The Balaban J connectivity index is 1.70. The Kier molecular flexibility index (Phi) is 6.02. The second-order valence-electron chi connectivity index (χ2n) is 6.49. The van der Waals surface area contributed by atoms with E-state index in [9.17, 15) is 22.8 Å². The number of thioether (sulfide) groups is 1. The lowest BCUT2D eigenvalue weighted by molar-refractivity contribution is -0.0886. The minimum atomic E-state index is -4.98. The predicted octanol–water partition coefficient (Wildman–Crippen LogP) is 4.62. The third-order valence-electron chi connectivity index (χ3n) is 4.53. The van der Waals surface area contributed by atoms with Gasteiger partial charge in [-0.3, -0.25) is 9.59 Å². The molecule has 1 fully saturated rings. The van der Waals surface area contributed by atoms with Crippen LogP contribution < -0.4 is 0 Å². The van der Waals surface area contributed by atoms with E-state index in [4.69, 9.17) is 0 Å². The molecule has 0 radical (unpaired) electrons. The van der Waals surface area contributed by atoms with Gasteiger partial charge in [0.2, 0.25) is 0 Å². The minimum Gasteiger partial charge on any atom is -0.333 e. The van der Waals surface area contributed by atoms with E-state index in [0.29, 0.717) is 31.8 Å². The number of aromatic nitrogens is 2. The quantitative estimate of drug-likeness (QED) is 0.547. The molecule has 1 aromatic carbocycles. The summed E-state index contributed by atoms with van der Waals surface area (Å²) in [6.45, 7) is 2.36. The van der Waals surface area contributed by atoms with Gasteiger partial charge in [-0.25, -0.2) is 9.97 Å². The van der Waals surface area contributed by atoms with Crippen molar-refractivity contribution in [1.29, 1.82) is 0 Å². The van der Waals surface area contributed by atoms with Gasteiger partial charge in [0.05, 0.1) is 11.3 Å². The smallest absolute Gasteiger partial charge is 0.333 e. The summed E-state index contributed by atoms with van der Waals surface area (Å²) >= 11 is 1.12. The van der Waals surface area contributed by atoms with E-state index in [-0.39, 0.29) is 16.9 Å². The van der Waals surface area contributed by atoms with Gasteiger partial charge in [0, 0.05) is 30.1 Å². The maximum absolute atomic E-state index is 12.9. The van der Waals surface area contributed by atoms with E-state index >= 15 is 0 Å². The standard InChI is InChI=1S/C19H18F3N3O2S/c1-12-23-11-15(17(26)19(20,21)22)16(24-12)13-7-9-25(10-8-13)18(27)28-14-5-3-2-4-6-14/h2-6,11,13H,7-10H2,1H3. The van der Waals surface area contributed by atoms with E-state index in [1.54, 1.807) is 11.8 Å². The molecule has 1 aliphatic heterocycles. The van der Waals surface area contributed by atoms with Crippen molar-refractivity contribution >= 4 is 22.8 Å². The van der Waals surface area contributed by atoms with E-state index in [2.05, 4.69) is 9.97 Å². The molecule has 1 aromatic heterocycles. The summed E-state index contributed by atoms with van der Waals surface area (Å²) in [6, 6.07) is 9.24. The lowest BCUT2D eigenvalue weighted by atomic mass is 9.90. The zero-order valence-electron chi connectivity index (χ0n) is 15.1. The van der Waals surface area contributed by atoms with Crippen molar-refractivity contribution in [2.75, 3.05) is 13.1 Å². The number of carbonyl (C=O) groups excluding carboxylic acids is 2. The first-order valence-electron chi connectivity index (χ1n) is 8.72. The van der Waals surface area contributed by atoms with Crippen LogP contribution in [0.1, 0.15) is 40.6 Å². The van der Waals surface area contributed by atoms with Gasteiger partial charge in [0.15, 0.2) is 0 Å². The second-order valence-corrected chi connectivity index (χ2v) is 7.51. The van der Waals surface area contributed by atoms with E-state index in [1.165, 1.54) is 0 Å². The van der Waals surface area contributed by atoms with Gasteiger partial charge in [-0.05, 0) is 43.7 Å². The number of hydrogen-bond acceptors (Lipinski definition) is 5. The summed E-state index contributed by atoms with van der Waals surface area (Å²) in [5.41, 5.74) is -0.376. The number of halogens is 3. The van der Waals surface area contributed by atoms with Crippen LogP contribution in [-0.4, -0.2) is 45.2 Å². The van der Waals surface area contributed by atoms with Crippen molar-refractivity contribution in [3.63, 3.8) is 0 Å². The number of piperidine rings is 1. The van der Waals surface area contributed by atoms with Gasteiger partial charge in [0.25, 0.3) is 11.0 Å². The number of amides is 1. The number of Topliss-reactive ketones (excluding diaryl/α,β-unsaturated/α-hetero) is 1. The summed E-state index contributed by atoms with van der Waals surface area (Å²) in [7, 11) is 0.